The van der Waals surface area contributed by atoms with Gasteiger partial charge in [0.1, 0.15) is 4.90 Å². The van der Waals surface area contributed by atoms with E-state index in [9.17, 15) is 17.6 Å². The summed E-state index contributed by atoms with van der Waals surface area (Å²) in [6, 6.07) is 3.39. The van der Waals surface area contributed by atoms with Crippen molar-refractivity contribution < 1.29 is 22.7 Å². The number of carboxylic acid groups (broad SMARTS) is 1. The van der Waals surface area contributed by atoms with Crippen molar-refractivity contribution in [2.24, 2.45) is 0 Å². The summed E-state index contributed by atoms with van der Waals surface area (Å²) in [7, 11) is -4.37. The number of hydrogen-bond acceptors (Lipinski definition) is 5. The lowest BCUT2D eigenvalue weighted by molar-refractivity contribution is 0.0691. The summed E-state index contributed by atoms with van der Waals surface area (Å²) in [5.41, 5.74) is -0.765. The van der Waals surface area contributed by atoms with Crippen molar-refractivity contribution in [2.45, 2.75) is 4.90 Å². The zero-order chi connectivity index (χ0) is 15.6. The number of sulfonamides is 1. The van der Waals surface area contributed by atoms with Gasteiger partial charge in [0.05, 0.1) is 5.56 Å². The summed E-state index contributed by atoms with van der Waals surface area (Å²) in [5, 5.41) is 8.87. The fourth-order valence-corrected chi connectivity index (χ4v) is 3.14. The highest BCUT2D eigenvalue weighted by atomic mass is 79.9. The van der Waals surface area contributed by atoms with E-state index in [0.29, 0.717) is 0 Å². The molecule has 0 bridgehead atoms. The van der Waals surface area contributed by atoms with Crippen LogP contribution in [0.5, 0.6) is 0 Å². The van der Waals surface area contributed by atoms with E-state index in [4.69, 9.17) is 5.11 Å². The lowest BCUT2D eigenvalue weighted by Crippen LogP contribution is -2.18. The highest BCUT2D eigenvalue weighted by molar-refractivity contribution is 9.10. The zero-order valence-corrected chi connectivity index (χ0v) is 12.5. The molecule has 0 spiro atoms. The van der Waals surface area contributed by atoms with Gasteiger partial charge in [0.15, 0.2) is 5.82 Å². The molecule has 0 aliphatic carbocycles. The van der Waals surface area contributed by atoms with Crippen molar-refractivity contribution in [2.75, 3.05) is 4.72 Å². The topological polar surface area (TPSA) is 109 Å². The lowest BCUT2D eigenvalue weighted by atomic mass is 10.2. The minimum absolute atomic E-state index is 0.107. The minimum atomic E-state index is -4.37. The molecule has 7 nitrogen and oxygen atoms in total. The van der Waals surface area contributed by atoms with Gasteiger partial charge in [0, 0.05) is 16.9 Å². The van der Waals surface area contributed by atoms with E-state index >= 15 is 0 Å². The largest absolute Gasteiger partial charge is 0.478 e. The standard InChI is InChI=1S/C11H7BrFN3O4S/c12-6-4-7(10(17)18)9(13)8(5-6)21(19,20)16-11-14-2-1-3-15-11/h1-5H,(H,17,18)(H,14,15,16). The van der Waals surface area contributed by atoms with Crippen LogP contribution in [0.25, 0.3) is 0 Å². The van der Waals surface area contributed by atoms with Crippen molar-refractivity contribution in [1.82, 2.24) is 9.97 Å². The van der Waals surface area contributed by atoms with E-state index in [1.54, 1.807) is 0 Å². The number of halogens is 2. The van der Waals surface area contributed by atoms with Gasteiger partial charge in [-0.05, 0) is 18.2 Å². The van der Waals surface area contributed by atoms with E-state index in [2.05, 4.69) is 25.9 Å². The fourth-order valence-electron chi connectivity index (χ4n) is 1.44. The SMILES string of the molecule is O=C(O)c1cc(Br)cc(S(=O)(=O)Nc2ncccn2)c1F. The third kappa shape index (κ3) is 3.34. The summed E-state index contributed by atoms with van der Waals surface area (Å²) >= 11 is 2.94. The number of nitrogens with zero attached hydrogens (tertiary/aromatic N) is 2. The molecule has 1 heterocycles. The normalized spacial score (nSPS) is 11.1. The molecule has 2 aromatic rings. The molecule has 0 unspecified atom stereocenters. The first-order valence-electron chi connectivity index (χ1n) is 5.33. The third-order valence-corrected chi connectivity index (χ3v) is 4.10. The Labute approximate surface area is 127 Å². The van der Waals surface area contributed by atoms with Gasteiger partial charge < -0.3 is 5.11 Å². The molecule has 0 atom stereocenters. The Hall–Kier alpha value is -2.07. The highest BCUT2D eigenvalue weighted by Gasteiger charge is 2.25. The van der Waals surface area contributed by atoms with Crippen molar-refractivity contribution in [3.05, 3.63) is 46.4 Å². The molecule has 21 heavy (non-hydrogen) atoms. The van der Waals surface area contributed by atoms with E-state index in [1.165, 1.54) is 18.5 Å². The second kappa shape index (κ2) is 5.74. The second-order valence-corrected chi connectivity index (χ2v) is 6.32. The van der Waals surface area contributed by atoms with Gasteiger partial charge in [0.2, 0.25) is 5.95 Å². The van der Waals surface area contributed by atoms with Gasteiger partial charge in [-0.3, -0.25) is 0 Å². The van der Waals surface area contributed by atoms with Crippen molar-refractivity contribution in [1.29, 1.82) is 0 Å². The summed E-state index contributed by atoms with van der Waals surface area (Å²) in [4.78, 5) is 17.4. The first kappa shape index (κ1) is 15.3. The molecular weight excluding hydrogens is 369 g/mol. The Morgan fingerprint density at radius 1 is 1.29 bits per heavy atom. The molecule has 0 fully saturated rings. The average molecular weight is 376 g/mol. The van der Waals surface area contributed by atoms with Crippen molar-refractivity contribution >= 4 is 37.9 Å². The molecule has 0 aliphatic heterocycles. The maximum Gasteiger partial charge on any atom is 0.338 e. The van der Waals surface area contributed by atoms with Gasteiger partial charge in [0.25, 0.3) is 10.0 Å². The van der Waals surface area contributed by atoms with Gasteiger partial charge in [-0.1, -0.05) is 15.9 Å². The monoisotopic (exact) mass is 375 g/mol. The number of carboxylic acids is 1. The van der Waals surface area contributed by atoms with E-state index in [-0.39, 0.29) is 10.4 Å². The molecule has 0 saturated heterocycles. The van der Waals surface area contributed by atoms with E-state index in [0.717, 1.165) is 12.1 Å². The summed E-state index contributed by atoms with van der Waals surface area (Å²) in [6.45, 7) is 0. The number of rotatable bonds is 4. The van der Waals surface area contributed by atoms with Crippen LogP contribution in [0.4, 0.5) is 10.3 Å². The van der Waals surface area contributed by atoms with Gasteiger partial charge >= 0.3 is 5.97 Å². The predicted molar refractivity (Wildman–Crippen MR) is 73.9 cm³/mol. The molecule has 1 aromatic carbocycles. The molecule has 0 radical (unpaired) electrons. The first-order chi connectivity index (χ1) is 9.81. The maximum absolute atomic E-state index is 14.0. The van der Waals surface area contributed by atoms with Crippen LogP contribution in [0.15, 0.2) is 40.0 Å². The lowest BCUT2D eigenvalue weighted by Gasteiger charge is -2.09. The van der Waals surface area contributed by atoms with Crippen LogP contribution in [0.1, 0.15) is 10.4 Å². The Bertz CT molecular complexity index is 799. The number of benzene rings is 1. The minimum Gasteiger partial charge on any atom is -0.478 e. The van der Waals surface area contributed by atoms with E-state index in [1.807, 2.05) is 4.72 Å². The molecule has 0 saturated carbocycles. The Morgan fingerprint density at radius 2 is 1.90 bits per heavy atom. The third-order valence-electron chi connectivity index (χ3n) is 2.32. The Morgan fingerprint density at radius 3 is 2.48 bits per heavy atom. The zero-order valence-electron chi connectivity index (χ0n) is 10.1. The molecule has 2 N–H and O–H groups in total. The summed E-state index contributed by atoms with van der Waals surface area (Å²) in [5.74, 6) is -3.20. The van der Waals surface area contributed by atoms with Crippen molar-refractivity contribution in [3.63, 3.8) is 0 Å². The van der Waals surface area contributed by atoms with Gasteiger partial charge in [-0.2, -0.15) is 0 Å². The Kier molecular flexibility index (Phi) is 4.19. The number of hydrogen-bond donors (Lipinski definition) is 2. The van der Waals surface area contributed by atoms with Crippen LogP contribution in [0, 0.1) is 5.82 Å². The fraction of sp³-hybridized carbons (Fsp3) is 0. The molecule has 2 rings (SSSR count). The van der Waals surface area contributed by atoms with Crippen LogP contribution in [-0.2, 0) is 10.0 Å². The van der Waals surface area contributed by atoms with Crippen molar-refractivity contribution in [3.8, 4) is 0 Å². The second-order valence-electron chi connectivity index (χ2n) is 3.75. The highest BCUT2D eigenvalue weighted by Crippen LogP contribution is 2.25. The average Bonchev–Trinajstić information content (AvgIpc) is 2.41. The number of anilines is 1. The van der Waals surface area contributed by atoms with Crippen LogP contribution >= 0.6 is 15.9 Å². The van der Waals surface area contributed by atoms with Gasteiger partial charge in [-0.15, -0.1) is 0 Å². The van der Waals surface area contributed by atoms with Crippen LogP contribution < -0.4 is 4.72 Å². The molecule has 1 aromatic heterocycles. The number of aromatic nitrogens is 2. The number of aromatic carboxylic acids is 1. The Balaban J connectivity index is 2.53. The number of carbonyl (C=O) groups is 1. The molecule has 110 valence electrons. The van der Waals surface area contributed by atoms with Crippen LogP contribution in [-0.4, -0.2) is 29.5 Å². The molecule has 0 amide bonds. The van der Waals surface area contributed by atoms with Gasteiger partial charge in [-0.25, -0.2) is 32.3 Å². The first-order valence-corrected chi connectivity index (χ1v) is 7.61. The quantitative estimate of drug-likeness (QED) is 0.843. The summed E-state index contributed by atoms with van der Waals surface area (Å²) in [6.07, 6.45) is 2.59. The smallest absolute Gasteiger partial charge is 0.338 e. The number of nitrogens with one attached hydrogen (secondary N) is 1. The molecule has 10 heteroatoms. The van der Waals surface area contributed by atoms with Crippen LogP contribution in [0.2, 0.25) is 0 Å². The maximum atomic E-state index is 14.0. The molecular formula is C11H7BrFN3O4S. The summed E-state index contributed by atoms with van der Waals surface area (Å²) < 4.78 is 40.3. The van der Waals surface area contributed by atoms with Crippen LogP contribution in [0.3, 0.4) is 0 Å². The predicted octanol–water partition coefficient (Wildman–Crippen LogP) is 1.88. The van der Waals surface area contributed by atoms with E-state index < -0.39 is 32.3 Å². The molecule has 0 aliphatic rings.